The molecule has 0 aliphatic rings. The Morgan fingerprint density at radius 3 is 1.62 bits per heavy atom. The zero-order valence-corrected chi connectivity index (χ0v) is 27.5. The first kappa shape index (κ1) is 29.5. The largest absolute Gasteiger partial charge is 0.310 e. The molecule has 0 N–H and O–H groups in total. The molecule has 0 unspecified atom stereocenters. The third-order valence-corrected chi connectivity index (χ3v) is 9.59. The molecule has 50 heavy (non-hydrogen) atoms. The highest BCUT2D eigenvalue weighted by Crippen LogP contribution is 2.45. The molecular formula is C48H34N2. The van der Waals surface area contributed by atoms with Crippen molar-refractivity contribution in [2.75, 3.05) is 4.90 Å². The smallest absolute Gasteiger partial charge is 0.0562 e. The summed E-state index contributed by atoms with van der Waals surface area (Å²) in [4.78, 5) is 2.42. The van der Waals surface area contributed by atoms with E-state index in [0.29, 0.717) is 0 Å². The second-order valence-electron chi connectivity index (χ2n) is 12.6. The van der Waals surface area contributed by atoms with Crippen LogP contribution in [-0.4, -0.2) is 4.57 Å². The number of benzene rings is 8. The Kier molecular flexibility index (Phi) is 7.53. The quantitative estimate of drug-likeness (QED) is 0.169. The lowest BCUT2D eigenvalue weighted by molar-refractivity contribution is 1.18. The Labute approximate surface area is 292 Å². The van der Waals surface area contributed by atoms with Crippen LogP contribution in [0.25, 0.3) is 60.9 Å². The van der Waals surface area contributed by atoms with E-state index in [1.807, 2.05) is 0 Å². The zero-order valence-electron chi connectivity index (χ0n) is 27.5. The summed E-state index contributed by atoms with van der Waals surface area (Å²) in [7, 11) is 0. The van der Waals surface area contributed by atoms with Gasteiger partial charge in [0.1, 0.15) is 0 Å². The number of nitrogens with zero attached hydrogens (tertiary/aromatic N) is 2. The average molecular weight is 639 g/mol. The molecule has 1 heterocycles. The number of fused-ring (bicyclic) bond motifs is 3. The van der Waals surface area contributed by atoms with Gasteiger partial charge >= 0.3 is 0 Å². The normalized spacial score (nSPS) is 11.2. The average Bonchev–Trinajstić information content (AvgIpc) is 3.54. The Balaban J connectivity index is 1.28. The summed E-state index contributed by atoms with van der Waals surface area (Å²) in [5, 5.41) is 2.44. The molecule has 0 saturated carbocycles. The molecule has 0 saturated heterocycles. The fourth-order valence-electron chi connectivity index (χ4n) is 7.32. The SMILES string of the molecule is c1ccc(-c2ccc(N(c3cccc(-c4ccccc4-c4ccccc4)c3)c3cccc4c3c3ccccc3n4-c3ccccc3)cc2)cc1. The molecule has 2 heteroatoms. The van der Waals surface area contributed by atoms with E-state index in [-0.39, 0.29) is 0 Å². The summed E-state index contributed by atoms with van der Waals surface area (Å²) in [5.41, 5.74) is 14.0. The van der Waals surface area contributed by atoms with Gasteiger partial charge in [0.15, 0.2) is 0 Å². The number of para-hydroxylation sites is 2. The molecule has 0 aliphatic carbocycles. The van der Waals surface area contributed by atoms with Crippen LogP contribution in [0.4, 0.5) is 17.1 Å². The maximum atomic E-state index is 2.42. The summed E-state index contributed by atoms with van der Waals surface area (Å²) < 4.78 is 2.39. The van der Waals surface area contributed by atoms with Crippen LogP contribution in [0.1, 0.15) is 0 Å². The van der Waals surface area contributed by atoms with Crippen LogP contribution in [0.5, 0.6) is 0 Å². The van der Waals surface area contributed by atoms with E-state index in [1.165, 1.54) is 55.2 Å². The highest BCUT2D eigenvalue weighted by atomic mass is 15.1. The van der Waals surface area contributed by atoms with E-state index in [2.05, 4.69) is 216 Å². The number of rotatable bonds is 7. The molecule has 0 spiro atoms. The first-order valence-electron chi connectivity index (χ1n) is 17.1. The van der Waals surface area contributed by atoms with Gasteiger partial charge in [-0.3, -0.25) is 0 Å². The van der Waals surface area contributed by atoms with Crippen molar-refractivity contribution in [1.29, 1.82) is 0 Å². The van der Waals surface area contributed by atoms with E-state index < -0.39 is 0 Å². The third kappa shape index (κ3) is 5.24. The van der Waals surface area contributed by atoms with Crippen LogP contribution in [-0.2, 0) is 0 Å². The summed E-state index contributed by atoms with van der Waals surface area (Å²) in [5.74, 6) is 0. The van der Waals surface area contributed by atoms with Crippen LogP contribution >= 0.6 is 0 Å². The van der Waals surface area contributed by atoms with E-state index in [9.17, 15) is 0 Å². The second kappa shape index (κ2) is 12.8. The molecule has 0 atom stereocenters. The minimum Gasteiger partial charge on any atom is -0.310 e. The number of aromatic nitrogens is 1. The first-order chi connectivity index (χ1) is 24.8. The fourth-order valence-corrected chi connectivity index (χ4v) is 7.32. The van der Waals surface area contributed by atoms with Crippen LogP contribution < -0.4 is 4.90 Å². The van der Waals surface area contributed by atoms with Crippen molar-refractivity contribution in [2.24, 2.45) is 0 Å². The molecule has 9 rings (SSSR count). The maximum absolute atomic E-state index is 2.42. The van der Waals surface area contributed by atoms with Crippen LogP contribution in [0.15, 0.2) is 206 Å². The van der Waals surface area contributed by atoms with Crippen molar-refractivity contribution in [3.8, 4) is 39.1 Å². The molecule has 0 aliphatic heterocycles. The van der Waals surface area contributed by atoms with E-state index >= 15 is 0 Å². The maximum Gasteiger partial charge on any atom is 0.0562 e. The standard InChI is InChI=1S/C48H34N2/c1-4-16-35(17-5-1)36-30-32-40(33-31-36)49(41-23-14-20-38(34-41)43-25-11-10-24-42(43)37-18-6-2-7-19-37)46-28-15-29-47-48(46)44-26-12-13-27-45(44)50(47)39-21-8-3-9-22-39/h1-34H. The van der Waals surface area contributed by atoms with Crippen molar-refractivity contribution in [2.45, 2.75) is 0 Å². The van der Waals surface area contributed by atoms with Gasteiger partial charge < -0.3 is 9.47 Å². The Morgan fingerprint density at radius 2 is 0.880 bits per heavy atom. The lowest BCUT2D eigenvalue weighted by atomic mass is 9.94. The van der Waals surface area contributed by atoms with Crippen molar-refractivity contribution in [3.63, 3.8) is 0 Å². The van der Waals surface area contributed by atoms with Gasteiger partial charge in [0.2, 0.25) is 0 Å². The monoisotopic (exact) mass is 638 g/mol. The topological polar surface area (TPSA) is 8.17 Å². The summed E-state index contributed by atoms with van der Waals surface area (Å²) in [6.07, 6.45) is 0. The van der Waals surface area contributed by atoms with Gasteiger partial charge in [0, 0.05) is 27.8 Å². The molecule has 9 aromatic rings. The highest BCUT2D eigenvalue weighted by Gasteiger charge is 2.21. The molecule has 236 valence electrons. The fraction of sp³-hybridized carbons (Fsp3) is 0. The highest BCUT2D eigenvalue weighted by molar-refractivity contribution is 6.16. The second-order valence-corrected chi connectivity index (χ2v) is 12.6. The third-order valence-electron chi connectivity index (χ3n) is 9.59. The predicted molar refractivity (Wildman–Crippen MR) is 212 cm³/mol. The molecular weight excluding hydrogens is 605 g/mol. The van der Waals surface area contributed by atoms with E-state index in [0.717, 1.165) is 22.7 Å². The summed E-state index contributed by atoms with van der Waals surface area (Å²) in [6, 6.07) is 74.0. The number of anilines is 3. The van der Waals surface area contributed by atoms with Crippen molar-refractivity contribution < 1.29 is 0 Å². The van der Waals surface area contributed by atoms with Gasteiger partial charge in [0.25, 0.3) is 0 Å². The molecule has 0 radical (unpaired) electrons. The minimum absolute atomic E-state index is 1.10. The van der Waals surface area contributed by atoms with E-state index in [1.54, 1.807) is 0 Å². The van der Waals surface area contributed by atoms with Crippen molar-refractivity contribution >= 4 is 38.9 Å². The molecule has 0 fully saturated rings. The van der Waals surface area contributed by atoms with Gasteiger partial charge in [-0.25, -0.2) is 0 Å². The van der Waals surface area contributed by atoms with Crippen molar-refractivity contribution in [3.05, 3.63) is 206 Å². The van der Waals surface area contributed by atoms with Crippen LogP contribution in [0, 0.1) is 0 Å². The van der Waals surface area contributed by atoms with Gasteiger partial charge in [-0.05, 0) is 88.0 Å². The Hall–Kier alpha value is -6.64. The first-order valence-corrected chi connectivity index (χ1v) is 17.1. The van der Waals surface area contributed by atoms with E-state index in [4.69, 9.17) is 0 Å². The van der Waals surface area contributed by atoms with Gasteiger partial charge in [0.05, 0.1) is 16.7 Å². The zero-order chi connectivity index (χ0) is 33.3. The number of hydrogen-bond donors (Lipinski definition) is 0. The van der Waals surface area contributed by atoms with Crippen LogP contribution in [0.2, 0.25) is 0 Å². The number of hydrogen-bond acceptors (Lipinski definition) is 1. The molecule has 0 amide bonds. The van der Waals surface area contributed by atoms with Crippen molar-refractivity contribution in [1.82, 2.24) is 4.57 Å². The van der Waals surface area contributed by atoms with Gasteiger partial charge in [-0.1, -0.05) is 152 Å². The molecule has 2 nitrogen and oxygen atoms in total. The Bertz CT molecular complexity index is 2570. The lowest BCUT2D eigenvalue weighted by Crippen LogP contribution is -2.10. The summed E-state index contributed by atoms with van der Waals surface area (Å²) >= 11 is 0. The van der Waals surface area contributed by atoms with Crippen LogP contribution in [0.3, 0.4) is 0 Å². The van der Waals surface area contributed by atoms with Gasteiger partial charge in [-0.15, -0.1) is 0 Å². The predicted octanol–water partition coefficient (Wildman–Crippen LogP) is 13.3. The molecule has 0 bridgehead atoms. The minimum atomic E-state index is 1.10. The van der Waals surface area contributed by atoms with Gasteiger partial charge in [-0.2, -0.15) is 0 Å². The molecule has 1 aromatic heterocycles. The summed E-state index contributed by atoms with van der Waals surface area (Å²) in [6.45, 7) is 0. The lowest BCUT2D eigenvalue weighted by Gasteiger charge is -2.27. The Morgan fingerprint density at radius 1 is 0.340 bits per heavy atom. The molecule has 8 aromatic carbocycles.